The molecule has 0 radical (unpaired) electrons. The maximum atomic E-state index is 14.4. The van der Waals surface area contributed by atoms with Crippen LogP contribution in [0.15, 0.2) is 71.5 Å². The van der Waals surface area contributed by atoms with Gasteiger partial charge in [0.05, 0.1) is 27.3 Å². The minimum Gasteiger partial charge on any atom is -0.386 e. The van der Waals surface area contributed by atoms with Crippen LogP contribution in [0.1, 0.15) is 35.3 Å². The van der Waals surface area contributed by atoms with Gasteiger partial charge >= 0.3 is 0 Å². The molecule has 5 aromatic rings. The number of aromatic nitrogens is 2. The lowest BCUT2D eigenvalue weighted by Gasteiger charge is -2.19. The van der Waals surface area contributed by atoms with Gasteiger partial charge in [0.25, 0.3) is 17.2 Å². The highest BCUT2D eigenvalue weighted by Gasteiger charge is 2.25. The topological polar surface area (TPSA) is 130 Å². The number of carbonyl (C=O) groups excluding carboxylic acids is 1. The Bertz CT molecular complexity index is 1830. The first-order valence-corrected chi connectivity index (χ1v) is 11.7. The smallest absolute Gasteiger partial charge is 0.285 e. The molecule has 0 saturated heterocycles. The highest BCUT2D eigenvalue weighted by Crippen LogP contribution is 2.33. The van der Waals surface area contributed by atoms with Crippen molar-refractivity contribution in [1.29, 1.82) is 0 Å². The molecule has 10 heteroatoms. The van der Waals surface area contributed by atoms with E-state index in [-0.39, 0.29) is 5.56 Å². The van der Waals surface area contributed by atoms with Crippen molar-refractivity contribution in [1.82, 2.24) is 9.38 Å². The molecule has 192 valence electrons. The van der Waals surface area contributed by atoms with Gasteiger partial charge in [-0.1, -0.05) is 24.3 Å². The van der Waals surface area contributed by atoms with E-state index in [0.29, 0.717) is 44.6 Å². The molecule has 3 aromatic carbocycles. The summed E-state index contributed by atoms with van der Waals surface area (Å²) in [4.78, 5) is 39.2. The Labute approximate surface area is 215 Å². The van der Waals surface area contributed by atoms with Gasteiger partial charge in [0, 0.05) is 17.3 Å². The third-order valence-electron chi connectivity index (χ3n) is 6.58. The highest BCUT2D eigenvalue weighted by atomic mass is 19.1. The maximum Gasteiger partial charge on any atom is 0.285 e. The lowest BCUT2D eigenvalue weighted by atomic mass is 9.98. The summed E-state index contributed by atoms with van der Waals surface area (Å²) in [5.74, 6) is -1.95. The summed E-state index contributed by atoms with van der Waals surface area (Å²) < 4.78 is 16.2. The van der Waals surface area contributed by atoms with Crippen molar-refractivity contribution in [2.45, 2.75) is 26.4 Å². The Morgan fingerprint density at radius 3 is 2.50 bits per heavy atom. The number of aliphatic hydroxyl groups is 1. The van der Waals surface area contributed by atoms with Crippen LogP contribution in [-0.2, 0) is 5.60 Å². The van der Waals surface area contributed by atoms with Crippen LogP contribution in [0.5, 0.6) is 0 Å². The molecule has 2 aromatic heterocycles. The molecular formula is C28H23FN4O5. The third kappa shape index (κ3) is 4.10. The number of halogens is 1. The number of H-pyrrole nitrogens is 1. The number of nitrogens with one attached hydrogen (secondary N) is 2. The predicted octanol–water partition coefficient (Wildman–Crippen LogP) is 5.28. The molecule has 0 saturated carbocycles. The molecule has 0 aliphatic rings. The van der Waals surface area contributed by atoms with Crippen LogP contribution >= 0.6 is 0 Å². The Kier molecular flexibility index (Phi) is 5.84. The van der Waals surface area contributed by atoms with Crippen molar-refractivity contribution in [3.8, 4) is 11.3 Å². The van der Waals surface area contributed by atoms with Gasteiger partial charge in [-0.05, 0) is 68.3 Å². The van der Waals surface area contributed by atoms with Gasteiger partial charge in [-0.15, -0.1) is 0 Å². The van der Waals surface area contributed by atoms with Gasteiger partial charge in [0.2, 0.25) is 0 Å². The van der Waals surface area contributed by atoms with Crippen molar-refractivity contribution >= 4 is 33.8 Å². The number of aromatic amines is 1. The second kappa shape index (κ2) is 8.93. The second-order valence-electron chi connectivity index (χ2n) is 9.51. The van der Waals surface area contributed by atoms with Crippen LogP contribution in [0.2, 0.25) is 0 Å². The number of hydrogen-bond acceptors (Lipinski definition) is 5. The second-order valence-corrected chi connectivity index (χ2v) is 9.51. The number of nitro groups is 1. The molecule has 1 amide bonds. The molecule has 3 N–H and O–H groups in total. The zero-order valence-corrected chi connectivity index (χ0v) is 20.7. The quantitative estimate of drug-likeness (QED) is 0.217. The molecule has 2 heterocycles. The number of anilines is 1. The SMILES string of the molecule is Cc1c(NC(=O)c2c(F)cccc2[N+](=O)[O-])cccc1-c1ccc2c(=O)[nH]c3cc(C(C)(C)O)ccc3n12. The number of benzene rings is 3. The minimum atomic E-state index is -1.10. The molecule has 0 spiro atoms. The summed E-state index contributed by atoms with van der Waals surface area (Å²) in [6.45, 7) is 5.07. The van der Waals surface area contributed by atoms with Crippen molar-refractivity contribution in [3.05, 3.63) is 110 Å². The molecule has 0 fully saturated rings. The number of rotatable bonds is 5. The number of nitro benzene ring substituents is 1. The first-order valence-electron chi connectivity index (χ1n) is 11.7. The predicted molar refractivity (Wildman–Crippen MR) is 142 cm³/mol. The molecule has 0 unspecified atom stereocenters. The van der Waals surface area contributed by atoms with Gasteiger partial charge < -0.3 is 19.8 Å². The number of nitrogens with zero attached hydrogens (tertiary/aromatic N) is 2. The third-order valence-corrected chi connectivity index (χ3v) is 6.58. The zero-order valence-electron chi connectivity index (χ0n) is 20.7. The van der Waals surface area contributed by atoms with E-state index in [1.54, 1.807) is 61.6 Å². The van der Waals surface area contributed by atoms with E-state index in [1.807, 2.05) is 12.1 Å². The van der Waals surface area contributed by atoms with Crippen LogP contribution < -0.4 is 10.9 Å². The summed E-state index contributed by atoms with van der Waals surface area (Å²) in [6.07, 6.45) is 0. The van der Waals surface area contributed by atoms with E-state index in [0.717, 1.165) is 12.1 Å². The number of amides is 1. The van der Waals surface area contributed by atoms with E-state index in [4.69, 9.17) is 0 Å². The molecular weight excluding hydrogens is 491 g/mol. The number of hydrogen-bond donors (Lipinski definition) is 3. The largest absolute Gasteiger partial charge is 0.386 e. The van der Waals surface area contributed by atoms with Gasteiger partial charge in [0.1, 0.15) is 11.3 Å². The molecule has 38 heavy (non-hydrogen) atoms. The van der Waals surface area contributed by atoms with Crippen molar-refractivity contribution < 1.29 is 19.2 Å². The van der Waals surface area contributed by atoms with Crippen LogP contribution in [0.3, 0.4) is 0 Å². The lowest BCUT2D eigenvalue weighted by Crippen LogP contribution is -2.17. The summed E-state index contributed by atoms with van der Waals surface area (Å²) in [6, 6.07) is 17.1. The molecule has 0 atom stereocenters. The Hall–Kier alpha value is -4.83. The van der Waals surface area contributed by atoms with E-state index in [1.165, 1.54) is 6.07 Å². The normalized spacial score (nSPS) is 11.7. The molecule has 9 nitrogen and oxygen atoms in total. The summed E-state index contributed by atoms with van der Waals surface area (Å²) in [5.41, 5.74) is 1.86. The number of fused-ring (bicyclic) bond motifs is 3. The van der Waals surface area contributed by atoms with Gasteiger partial charge in [-0.2, -0.15) is 0 Å². The summed E-state index contributed by atoms with van der Waals surface area (Å²) >= 11 is 0. The zero-order chi connectivity index (χ0) is 27.4. The van der Waals surface area contributed by atoms with Crippen LogP contribution in [0.4, 0.5) is 15.8 Å². The average molecular weight is 515 g/mol. The Morgan fingerprint density at radius 2 is 1.79 bits per heavy atom. The van der Waals surface area contributed by atoms with Gasteiger partial charge in [-0.25, -0.2) is 4.39 Å². The highest BCUT2D eigenvalue weighted by molar-refractivity contribution is 6.08. The van der Waals surface area contributed by atoms with Gasteiger partial charge in [-0.3, -0.25) is 19.7 Å². The van der Waals surface area contributed by atoms with Gasteiger partial charge in [0.15, 0.2) is 5.56 Å². The molecule has 0 bridgehead atoms. The number of carbonyl (C=O) groups is 1. The van der Waals surface area contributed by atoms with E-state index < -0.39 is 33.5 Å². The van der Waals surface area contributed by atoms with E-state index >= 15 is 0 Å². The fourth-order valence-corrected chi connectivity index (χ4v) is 4.60. The van der Waals surface area contributed by atoms with Crippen molar-refractivity contribution in [2.75, 3.05) is 5.32 Å². The van der Waals surface area contributed by atoms with Crippen LogP contribution in [-0.4, -0.2) is 25.3 Å². The molecule has 0 aliphatic carbocycles. The molecule has 5 rings (SSSR count). The average Bonchev–Trinajstić information content (AvgIpc) is 3.30. The monoisotopic (exact) mass is 514 g/mol. The molecule has 0 aliphatic heterocycles. The first kappa shape index (κ1) is 24.8. The van der Waals surface area contributed by atoms with E-state index in [9.17, 15) is 29.2 Å². The first-order chi connectivity index (χ1) is 18.0. The minimum absolute atomic E-state index is 0.314. The fourth-order valence-electron chi connectivity index (χ4n) is 4.60. The van der Waals surface area contributed by atoms with Crippen LogP contribution in [0, 0.1) is 22.9 Å². The maximum absolute atomic E-state index is 14.4. The summed E-state index contributed by atoms with van der Waals surface area (Å²) in [7, 11) is 0. The van der Waals surface area contributed by atoms with Crippen molar-refractivity contribution in [3.63, 3.8) is 0 Å². The van der Waals surface area contributed by atoms with E-state index in [2.05, 4.69) is 10.3 Å². The lowest BCUT2D eigenvalue weighted by molar-refractivity contribution is -0.385. The Balaban J connectivity index is 1.64. The fraction of sp³-hybridized carbons (Fsp3) is 0.143. The van der Waals surface area contributed by atoms with Crippen molar-refractivity contribution in [2.24, 2.45) is 0 Å². The van der Waals surface area contributed by atoms with Crippen LogP contribution in [0.25, 0.3) is 27.8 Å². The summed E-state index contributed by atoms with van der Waals surface area (Å²) in [5, 5.41) is 24.4. The Morgan fingerprint density at radius 1 is 1.08 bits per heavy atom. The standard InChI is InChI=1S/C28H23FN4O5/c1-15-17(6-4-8-19(15)30-27(35)25-18(29)7-5-9-23(25)33(37)38)21-12-13-24-26(34)31-20-14-16(28(2,3)36)10-11-22(20)32(21)24/h4-14,36H,1-3H3,(H,30,35)(H,31,34).